The van der Waals surface area contributed by atoms with Crippen molar-refractivity contribution in [2.75, 3.05) is 19.7 Å². The first-order valence-corrected chi connectivity index (χ1v) is 5.52. The first-order valence-electron chi connectivity index (χ1n) is 3.99. The summed E-state index contributed by atoms with van der Waals surface area (Å²) in [5.41, 5.74) is 0. The Labute approximate surface area is 71.4 Å². The van der Waals surface area contributed by atoms with Gasteiger partial charge in [0.15, 0.2) is 0 Å². The molecule has 72 valence electrons. The smallest absolute Gasteiger partial charge is 0.314 e. The Kier molecular flexibility index (Phi) is 3.68. The van der Waals surface area contributed by atoms with Crippen LogP contribution in [0.3, 0.4) is 0 Å². The van der Waals surface area contributed by atoms with Crippen molar-refractivity contribution in [3.05, 3.63) is 0 Å². The second-order valence-electron chi connectivity index (χ2n) is 2.97. The lowest BCUT2D eigenvalue weighted by Crippen LogP contribution is -2.21. The fourth-order valence-electron chi connectivity index (χ4n) is 0.865. The first-order chi connectivity index (χ1) is 5.58. The molecule has 0 aromatic rings. The fraction of sp³-hybridized carbons (Fsp3) is 1.00. The van der Waals surface area contributed by atoms with Crippen LogP contribution in [0.1, 0.15) is 12.8 Å². The lowest BCUT2D eigenvalue weighted by Gasteiger charge is -2.05. The molecule has 0 bridgehead atoms. The molecule has 6 heteroatoms. The second kappa shape index (κ2) is 4.35. The normalized spacial score (nSPS) is 18.2. The van der Waals surface area contributed by atoms with Crippen molar-refractivity contribution in [1.29, 1.82) is 0 Å². The van der Waals surface area contributed by atoms with Crippen LogP contribution in [-0.4, -0.2) is 29.5 Å². The maximum absolute atomic E-state index is 10.2. The summed E-state index contributed by atoms with van der Waals surface area (Å²) in [6.07, 6.45) is 2.54. The zero-order valence-electron chi connectivity index (χ0n) is 6.77. The molecule has 0 heterocycles. The van der Waals surface area contributed by atoms with E-state index >= 15 is 0 Å². The van der Waals surface area contributed by atoms with E-state index in [-0.39, 0.29) is 6.61 Å². The lowest BCUT2D eigenvalue weighted by molar-refractivity contribution is 0.197. The minimum atomic E-state index is -4.25. The lowest BCUT2D eigenvalue weighted by atomic mass is 10.4. The Morgan fingerprint density at radius 2 is 2.17 bits per heavy atom. The van der Waals surface area contributed by atoms with Crippen molar-refractivity contribution in [1.82, 2.24) is 5.32 Å². The van der Waals surface area contributed by atoms with Gasteiger partial charge in [-0.1, -0.05) is 0 Å². The summed E-state index contributed by atoms with van der Waals surface area (Å²) >= 11 is 0. The number of rotatable bonds is 6. The molecule has 1 fully saturated rings. The molecule has 0 radical (unpaired) electrons. The maximum Gasteiger partial charge on any atom is 0.469 e. The maximum atomic E-state index is 10.2. The van der Waals surface area contributed by atoms with Crippen molar-refractivity contribution >= 4 is 7.82 Å². The van der Waals surface area contributed by atoms with Gasteiger partial charge in [-0.3, -0.25) is 4.52 Å². The van der Waals surface area contributed by atoms with Gasteiger partial charge in [-0.25, -0.2) is 4.57 Å². The first kappa shape index (κ1) is 10.2. The molecule has 0 amide bonds. The molecular formula is C6H14NO4P. The van der Waals surface area contributed by atoms with E-state index in [1.165, 1.54) is 12.8 Å². The molecule has 0 aromatic heterocycles. The van der Waals surface area contributed by atoms with Gasteiger partial charge in [0, 0.05) is 6.54 Å². The van der Waals surface area contributed by atoms with Gasteiger partial charge in [-0.05, 0) is 25.3 Å². The van der Waals surface area contributed by atoms with E-state index in [9.17, 15) is 4.57 Å². The molecule has 12 heavy (non-hydrogen) atoms. The highest BCUT2D eigenvalue weighted by molar-refractivity contribution is 7.46. The van der Waals surface area contributed by atoms with Crippen molar-refractivity contribution in [2.24, 2.45) is 5.92 Å². The van der Waals surface area contributed by atoms with Crippen LogP contribution < -0.4 is 5.32 Å². The van der Waals surface area contributed by atoms with E-state index < -0.39 is 7.82 Å². The molecule has 0 unspecified atom stereocenters. The minimum Gasteiger partial charge on any atom is -0.314 e. The quantitative estimate of drug-likeness (QED) is 0.413. The van der Waals surface area contributed by atoms with E-state index in [4.69, 9.17) is 9.79 Å². The zero-order valence-corrected chi connectivity index (χ0v) is 7.67. The van der Waals surface area contributed by atoms with E-state index in [1.54, 1.807) is 0 Å². The van der Waals surface area contributed by atoms with Crippen LogP contribution in [0, 0.1) is 5.92 Å². The average Bonchev–Trinajstić information content (AvgIpc) is 2.68. The van der Waals surface area contributed by atoms with Crippen molar-refractivity contribution in [2.45, 2.75) is 12.8 Å². The van der Waals surface area contributed by atoms with Gasteiger partial charge < -0.3 is 15.1 Å². The fourth-order valence-corrected chi connectivity index (χ4v) is 1.19. The minimum absolute atomic E-state index is 0.0665. The molecule has 1 aliphatic carbocycles. The third kappa shape index (κ3) is 5.69. The Morgan fingerprint density at radius 3 is 2.67 bits per heavy atom. The monoisotopic (exact) mass is 195 g/mol. The van der Waals surface area contributed by atoms with Crippen molar-refractivity contribution < 1.29 is 18.9 Å². The van der Waals surface area contributed by atoms with E-state index in [2.05, 4.69) is 9.84 Å². The summed E-state index contributed by atoms with van der Waals surface area (Å²) in [5, 5.41) is 3.05. The summed E-state index contributed by atoms with van der Waals surface area (Å²) in [6.45, 7) is 1.50. The molecule has 0 saturated heterocycles. The van der Waals surface area contributed by atoms with Gasteiger partial charge in [-0.2, -0.15) is 0 Å². The molecule has 0 aliphatic heterocycles. The van der Waals surface area contributed by atoms with Gasteiger partial charge >= 0.3 is 7.82 Å². The predicted octanol–water partition coefficient (Wildman–Crippen LogP) is 0.0953. The van der Waals surface area contributed by atoms with Crippen LogP contribution >= 0.6 is 7.82 Å². The van der Waals surface area contributed by atoms with E-state index in [0.29, 0.717) is 6.54 Å². The Morgan fingerprint density at radius 1 is 1.50 bits per heavy atom. The van der Waals surface area contributed by atoms with Crippen LogP contribution in [0.5, 0.6) is 0 Å². The number of nitrogens with one attached hydrogen (secondary N) is 1. The molecule has 1 rings (SSSR count). The van der Waals surface area contributed by atoms with Crippen LogP contribution in [-0.2, 0) is 9.09 Å². The molecule has 3 N–H and O–H groups in total. The van der Waals surface area contributed by atoms with Crippen LogP contribution in [0.4, 0.5) is 0 Å². The molecule has 0 spiro atoms. The molecule has 1 aliphatic rings. The molecule has 0 aromatic carbocycles. The van der Waals surface area contributed by atoms with E-state index in [0.717, 1.165) is 12.5 Å². The van der Waals surface area contributed by atoms with Gasteiger partial charge in [-0.15, -0.1) is 0 Å². The standard InChI is InChI=1S/C6H14NO4P/c8-12(9,10)11-4-3-7-5-6-1-2-6/h6-7H,1-5H2,(H2,8,9,10). The Bertz CT molecular complexity index is 176. The predicted molar refractivity (Wildman–Crippen MR) is 43.6 cm³/mol. The van der Waals surface area contributed by atoms with Crippen LogP contribution in [0.2, 0.25) is 0 Å². The molecule has 5 nitrogen and oxygen atoms in total. The molecule has 0 atom stereocenters. The number of hydrogen-bond acceptors (Lipinski definition) is 3. The summed E-state index contributed by atoms with van der Waals surface area (Å²) in [6, 6.07) is 0. The van der Waals surface area contributed by atoms with Gasteiger partial charge in [0.2, 0.25) is 0 Å². The largest absolute Gasteiger partial charge is 0.469 e. The SMILES string of the molecule is O=P(O)(O)OCCNCC1CC1. The van der Waals surface area contributed by atoms with Gasteiger partial charge in [0.05, 0.1) is 6.61 Å². The zero-order chi connectivity index (χ0) is 9.03. The summed E-state index contributed by atoms with van der Waals surface area (Å²) in [5.74, 6) is 0.778. The number of hydrogen-bond donors (Lipinski definition) is 3. The Hall–Kier alpha value is 0.0700. The topological polar surface area (TPSA) is 78.8 Å². The number of phosphoric ester groups is 1. The van der Waals surface area contributed by atoms with E-state index in [1.807, 2.05) is 0 Å². The molecule has 1 saturated carbocycles. The number of phosphoric acid groups is 1. The highest BCUT2D eigenvalue weighted by Crippen LogP contribution is 2.35. The highest BCUT2D eigenvalue weighted by atomic mass is 31.2. The van der Waals surface area contributed by atoms with Crippen molar-refractivity contribution in [3.8, 4) is 0 Å². The van der Waals surface area contributed by atoms with Crippen molar-refractivity contribution in [3.63, 3.8) is 0 Å². The Balaban J connectivity index is 1.85. The van der Waals surface area contributed by atoms with Crippen LogP contribution in [0.15, 0.2) is 0 Å². The second-order valence-corrected chi connectivity index (χ2v) is 4.21. The third-order valence-corrected chi connectivity index (χ3v) is 2.19. The summed E-state index contributed by atoms with van der Waals surface area (Å²) in [7, 11) is -4.25. The highest BCUT2D eigenvalue weighted by Gasteiger charge is 2.20. The summed E-state index contributed by atoms with van der Waals surface area (Å²) in [4.78, 5) is 16.6. The van der Waals surface area contributed by atoms with Gasteiger partial charge in [0.25, 0.3) is 0 Å². The van der Waals surface area contributed by atoms with Crippen LogP contribution in [0.25, 0.3) is 0 Å². The summed E-state index contributed by atoms with van der Waals surface area (Å²) < 4.78 is 14.4. The third-order valence-electron chi connectivity index (χ3n) is 1.67. The van der Waals surface area contributed by atoms with Gasteiger partial charge in [0.1, 0.15) is 0 Å². The molecular weight excluding hydrogens is 181 g/mol. The average molecular weight is 195 g/mol.